The fourth-order valence-corrected chi connectivity index (χ4v) is 10.5. The van der Waals surface area contributed by atoms with Crippen LogP contribution in [-0.2, 0) is 100.0 Å². The Hall–Kier alpha value is -7.36. The van der Waals surface area contributed by atoms with Crippen molar-refractivity contribution in [2.75, 3.05) is 295 Å². The van der Waals surface area contributed by atoms with Crippen LogP contribution in [0.25, 0.3) is 0 Å². The number of hydrogen-bond donors (Lipinski definition) is 3. The van der Waals surface area contributed by atoms with Crippen molar-refractivity contribution in [1.82, 2.24) is 64.9 Å². The molecule has 37 nitrogen and oxygen atoms in total. The van der Waals surface area contributed by atoms with Gasteiger partial charge in [0.05, 0.1) is 57.8 Å². The quantitative estimate of drug-likeness (QED) is 0.0304. The van der Waals surface area contributed by atoms with Gasteiger partial charge in [0.1, 0.15) is 95.5 Å². The molecule has 0 radical (unpaired) electrons. The summed E-state index contributed by atoms with van der Waals surface area (Å²) in [5.74, 6) is -5.02. The molecule has 9 saturated heterocycles. The monoisotopic (exact) mass is 1510 g/mol. The minimum Gasteiger partial charge on any atom is -0.465 e. The molecular formula is C69H111N13O24. The number of carbonyl (C=O) groups is 12. The highest BCUT2D eigenvalue weighted by atomic mass is 16.6. The number of carbonyl (C=O) groups excluding carboxylic acids is 12. The molecule has 9 heterocycles. The predicted molar refractivity (Wildman–Crippen MR) is 370 cm³/mol. The predicted octanol–water partition coefficient (Wildman–Crippen LogP) is -3.33. The van der Waals surface area contributed by atoms with Crippen LogP contribution in [0.2, 0.25) is 0 Å². The Balaban J connectivity index is 0.853. The molecule has 9 aliphatic heterocycles. The average Bonchev–Trinajstić information content (AvgIpc) is 1.86. The lowest BCUT2D eigenvalue weighted by atomic mass is 9.92. The zero-order valence-corrected chi connectivity index (χ0v) is 61.5. The fraction of sp³-hybridized carbons (Fsp3) is 0.826. The molecule has 3 amide bonds. The molecule has 9 fully saturated rings. The third kappa shape index (κ3) is 37.0. The SMILES string of the molecule is O=C(CCN1CC1)OCC(COC(=O)CCN1CC1)(COC(=O)CCN1CC1)COC(=O)NCCN(CCNC(=O)OCC(COC(=O)CCN1CC1)(COC(=O)CCN1CC1)COC(=O)CCN1CC1)CCNC(=O)OCC(COC(=O)CCN1CC1)(COC(=O)CCN1CC1)COC(=O)CCN1CC1. The molecule has 3 N–H and O–H groups in total. The van der Waals surface area contributed by atoms with Crippen molar-refractivity contribution < 1.29 is 114 Å². The minimum atomic E-state index is -1.53. The van der Waals surface area contributed by atoms with Gasteiger partial charge in [-0.15, -0.1) is 0 Å². The molecule has 0 spiro atoms. The van der Waals surface area contributed by atoms with Crippen molar-refractivity contribution in [3.8, 4) is 0 Å². The summed E-state index contributed by atoms with van der Waals surface area (Å²) in [6, 6.07) is 0. The Morgan fingerprint density at radius 2 is 0.349 bits per heavy atom. The van der Waals surface area contributed by atoms with Crippen molar-refractivity contribution in [2.24, 2.45) is 16.2 Å². The molecule has 0 aromatic rings. The van der Waals surface area contributed by atoms with Gasteiger partial charge in [-0.2, -0.15) is 0 Å². The van der Waals surface area contributed by atoms with Crippen LogP contribution in [0.4, 0.5) is 14.4 Å². The van der Waals surface area contributed by atoms with Gasteiger partial charge in [0.2, 0.25) is 0 Å². The second-order valence-corrected chi connectivity index (χ2v) is 29.1. The fourth-order valence-electron chi connectivity index (χ4n) is 10.5. The third-order valence-electron chi connectivity index (χ3n) is 19.0. The lowest BCUT2D eigenvalue weighted by Crippen LogP contribution is -2.47. The van der Waals surface area contributed by atoms with Gasteiger partial charge < -0.3 is 117 Å². The molecule has 596 valence electrons. The summed E-state index contributed by atoms with van der Waals surface area (Å²) in [4.78, 5) is 179. The van der Waals surface area contributed by atoms with Crippen LogP contribution in [-0.4, -0.2) is 416 Å². The van der Waals surface area contributed by atoms with Crippen LogP contribution in [0.15, 0.2) is 0 Å². The molecule has 0 aromatic carbocycles. The van der Waals surface area contributed by atoms with Gasteiger partial charge in [-0.25, -0.2) is 14.4 Å². The van der Waals surface area contributed by atoms with E-state index in [1.165, 1.54) is 0 Å². The maximum Gasteiger partial charge on any atom is 0.407 e. The summed E-state index contributed by atoms with van der Waals surface area (Å²) in [7, 11) is 0. The zero-order chi connectivity index (χ0) is 75.0. The summed E-state index contributed by atoms with van der Waals surface area (Å²) in [6.07, 6.45) is -2.29. The number of nitrogens with zero attached hydrogens (tertiary/aromatic N) is 10. The van der Waals surface area contributed by atoms with Crippen LogP contribution >= 0.6 is 0 Å². The summed E-state index contributed by atoms with van der Waals surface area (Å²) in [5, 5.41) is 8.08. The molecule has 0 atom stereocenters. The Kier molecular flexibility index (Phi) is 33.5. The summed E-state index contributed by atoms with van der Waals surface area (Å²) < 4.78 is 68.8. The summed E-state index contributed by atoms with van der Waals surface area (Å²) >= 11 is 0. The molecule has 0 aromatic heterocycles. The second kappa shape index (κ2) is 43.0. The van der Waals surface area contributed by atoms with E-state index in [2.05, 4.69) is 16.0 Å². The molecule has 0 bridgehead atoms. The normalized spacial score (nSPS) is 17.7. The molecule has 9 rings (SSSR count). The molecule has 37 heteroatoms. The lowest BCUT2D eigenvalue weighted by Gasteiger charge is -2.32. The number of rotatable bonds is 60. The average molecular weight is 1510 g/mol. The molecular weight excluding hydrogens is 1390 g/mol. The van der Waals surface area contributed by atoms with Gasteiger partial charge in [-0.1, -0.05) is 0 Å². The standard InChI is InChI=1S/C69H111N13O24/c83-55(1-13-73-25-26-73)95-43-67(44-96-56(84)2-14-74-27-28-74,45-97-57(85)3-15-75-29-30-75)52-104-64(92)70-10-22-82(23-11-71-65(93)105-53-68(46-98-58(86)4-16-76-31-32-76,47-99-59(87)5-17-77-33-34-77)48-100-60(88)6-18-78-35-36-78)24-12-72-66(94)106-54-69(49-101-61(89)7-19-79-37-38-79,50-102-62(90)8-20-80-39-40-80)51-103-63(91)9-21-81-41-42-81/h1-54H2,(H,70,92)(H,71,93)(H,72,94). The number of amides is 3. The van der Waals surface area contributed by atoms with Gasteiger partial charge in [0.25, 0.3) is 0 Å². The van der Waals surface area contributed by atoms with E-state index in [0.717, 1.165) is 118 Å². The topological polar surface area (TPSA) is 382 Å². The Bertz CT molecular complexity index is 2370. The van der Waals surface area contributed by atoms with Gasteiger partial charge >= 0.3 is 72.0 Å². The Morgan fingerprint density at radius 1 is 0.217 bits per heavy atom. The van der Waals surface area contributed by atoms with Crippen LogP contribution < -0.4 is 16.0 Å². The highest BCUT2D eigenvalue weighted by molar-refractivity contribution is 5.74. The third-order valence-corrected chi connectivity index (χ3v) is 19.0. The molecule has 9 aliphatic rings. The van der Waals surface area contributed by atoms with Crippen molar-refractivity contribution in [3.05, 3.63) is 0 Å². The van der Waals surface area contributed by atoms with Gasteiger partial charge in [0.15, 0.2) is 0 Å². The largest absolute Gasteiger partial charge is 0.465 e. The first-order valence-electron chi connectivity index (χ1n) is 37.6. The highest BCUT2D eigenvalue weighted by Gasteiger charge is 2.42. The molecule has 0 unspecified atom stereocenters. The maximum atomic E-state index is 13.8. The number of hydrogen-bond acceptors (Lipinski definition) is 34. The minimum absolute atomic E-state index is 0.0303. The summed E-state index contributed by atoms with van der Waals surface area (Å²) in [5.41, 5.74) is -4.60. The van der Waals surface area contributed by atoms with Crippen molar-refractivity contribution in [2.45, 2.75) is 57.8 Å². The molecule has 106 heavy (non-hydrogen) atoms. The number of ether oxygens (including phenoxy) is 12. The van der Waals surface area contributed by atoms with Gasteiger partial charge in [-0.05, 0) is 0 Å². The first-order valence-corrected chi connectivity index (χ1v) is 37.6. The maximum absolute atomic E-state index is 13.8. The van der Waals surface area contributed by atoms with E-state index in [9.17, 15) is 57.5 Å². The van der Waals surface area contributed by atoms with Gasteiger partial charge in [0, 0.05) is 216 Å². The van der Waals surface area contributed by atoms with E-state index >= 15 is 0 Å². The first-order chi connectivity index (χ1) is 51.2. The van der Waals surface area contributed by atoms with Crippen molar-refractivity contribution in [1.29, 1.82) is 0 Å². The highest BCUT2D eigenvalue weighted by Crippen LogP contribution is 2.27. The number of esters is 9. The van der Waals surface area contributed by atoms with Crippen molar-refractivity contribution >= 4 is 72.0 Å². The van der Waals surface area contributed by atoms with E-state index < -0.39 is 168 Å². The van der Waals surface area contributed by atoms with E-state index in [0.29, 0.717) is 58.9 Å². The second-order valence-electron chi connectivity index (χ2n) is 29.1. The Morgan fingerprint density at radius 3 is 0.481 bits per heavy atom. The van der Waals surface area contributed by atoms with Crippen LogP contribution in [0.3, 0.4) is 0 Å². The summed E-state index contributed by atoms with van der Waals surface area (Å²) in [6.45, 7) is 13.8. The number of alkyl carbamates (subject to hydrolysis) is 3. The van der Waals surface area contributed by atoms with Crippen LogP contribution in [0.5, 0.6) is 0 Å². The van der Waals surface area contributed by atoms with E-state index in [1.807, 2.05) is 44.1 Å². The molecule has 0 saturated carbocycles. The first kappa shape index (κ1) is 82.7. The van der Waals surface area contributed by atoms with Crippen LogP contribution in [0.1, 0.15) is 57.8 Å². The number of nitrogens with one attached hydrogen (secondary N) is 3. The smallest absolute Gasteiger partial charge is 0.407 e. The lowest BCUT2D eigenvalue weighted by molar-refractivity contribution is -0.168. The van der Waals surface area contributed by atoms with Crippen molar-refractivity contribution in [3.63, 3.8) is 0 Å². The molecule has 0 aliphatic carbocycles. The van der Waals surface area contributed by atoms with E-state index in [4.69, 9.17) is 56.8 Å². The van der Waals surface area contributed by atoms with Crippen LogP contribution in [0, 0.1) is 16.2 Å². The Labute approximate surface area is 618 Å². The van der Waals surface area contributed by atoms with E-state index in [1.54, 1.807) is 4.90 Å². The zero-order valence-electron chi connectivity index (χ0n) is 61.5. The van der Waals surface area contributed by atoms with Gasteiger partial charge in [-0.3, -0.25) is 48.1 Å². The van der Waals surface area contributed by atoms with E-state index in [-0.39, 0.29) is 97.1 Å².